The van der Waals surface area contributed by atoms with Gasteiger partial charge in [-0.1, -0.05) is 49.4 Å². The number of rotatable bonds is 7. The second-order valence-electron chi connectivity index (χ2n) is 8.33. The maximum atomic E-state index is 13.3. The highest BCUT2D eigenvalue weighted by atomic mass is 16.5. The van der Waals surface area contributed by atoms with Crippen LogP contribution in [0.5, 0.6) is 5.75 Å². The fourth-order valence-corrected chi connectivity index (χ4v) is 4.61. The number of hydrogen-bond acceptors (Lipinski definition) is 4. The fraction of sp³-hybridized carbons (Fsp3) is 0.385. The molecule has 4 rings (SSSR count). The number of ether oxygens (including phenoxy) is 1. The van der Waals surface area contributed by atoms with E-state index in [4.69, 9.17) is 4.74 Å². The van der Waals surface area contributed by atoms with Crippen LogP contribution in [0.1, 0.15) is 37.3 Å². The van der Waals surface area contributed by atoms with Crippen molar-refractivity contribution in [1.29, 1.82) is 0 Å². The number of methoxy groups -OCH3 is 1. The van der Waals surface area contributed by atoms with Crippen LogP contribution < -0.4 is 4.74 Å². The van der Waals surface area contributed by atoms with Crippen molar-refractivity contribution in [2.24, 2.45) is 5.92 Å². The molecule has 0 unspecified atom stereocenters. The van der Waals surface area contributed by atoms with Crippen molar-refractivity contribution in [3.8, 4) is 5.75 Å². The molecule has 0 aromatic heterocycles. The lowest BCUT2D eigenvalue weighted by molar-refractivity contribution is -0.137. The third-order valence-corrected chi connectivity index (χ3v) is 6.27. The quantitative estimate of drug-likeness (QED) is 0.634. The molecule has 5 nitrogen and oxygen atoms in total. The van der Waals surface area contributed by atoms with Gasteiger partial charge in [0.25, 0.3) is 11.8 Å². The molecule has 0 bridgehead atoms. The predicted octanol–water partition coefficient (Wildman–Crippen LogP) is 4.14. The van der Waals surface area contributed by atoms with Crippen LogP contribution in [0.2, 0.25) is 0 Å². The van der Waals surface area contributed by atoms with Crippen molar-refractivity contribution in [2.45, 2.75) is 32.6 Å². The third kappa shape index (κ3) is 4.36. The van der Waals surface area contributed by atoms with Crippen LogP contribution >= 0.6 is 0 Å². The molecule has 2 aromatic rings. The molecule has 0 radical (unpaired) electrons. The van der Waals surface area contributed by atoms with Crippen molar-refractivity contribution < 1.29 is 14.3 Å². The molecule has 31 heavy (non-hydrogen) atoms. The molecule has 2 aliphatic rings. The molecule has 2 amide bonds. The van der Waals surface area contributed by atoms with E-state index in [-0.39, 0.29) is 11.8 Å². The van der Waals surface area contributed by atoms with E-state index >= 15 is 0 Å². The summed E-state index contributed by atoms with van der Waals surface area (Å²) in [6.45, 7) is 4.03. The SMILES string of the molecule is CCCN1C(=O)C(c2ccc(OC)cc2)=C(N2CCC(Cc3ccccc3)CC2)C1=O. The van der Waals surface area contributed by atoms with Crippen molar-refractivity contribution in [3.05, 3.63) is 71.4 Å². The Kier molecular flexibility index (Phi) is 6.40. The first-order valence-corrected chi connectivity index (χ1v) is 11.2. The molecule has 0 N–H and O–H groups in total. The summed E-state index contributed by atoms with van der Waals surface area (Å²) in [6.07, 6.45) is 3.85. The van der Waals surface area contributed by atoms with Gasteiger partial charge in [-0.3, -0.25) is 14.5 Å². The number of carbonyl (C=O) groups is 2. The third-order valence-electron chi connectivity index (χ3n) is 6.27. The molecular weight excluding hydrogens is 388 g/mol. The lowest BCUT2D eigenvalue weighted by Crippen LogP contribution is -2.39. The van der Waals surface area contributed by atoms with E-state index in [2.05, 4.69) is 29.2 Å². The van der Waals surface area contributed by atoms with Gasteiger partial charge in [-0.05, 0) is 54.9 Å². The van der Waals surface area contributed by atoms with E-state index in [0.717, 1.165) is 50.1 Å². The van der Waals surface area contributed by atoms with Gasteiger partial charge in [-0.2, -0.15) is 0 Å². The Morgan fingerprint density at radius 1 is 0.935 bits per heavy atom. The number of nitrogens with zero attached hydrogens (tertiary/aromatic N) is 2. The molecule has 0 saturated carbocycles. The van der Waals surface area contributed by atoms with E-state index in [1.165, 1.54) is 10.5 Å². The van der Waals surface area contributed by atoms with Crippen LogP contribution in [0.15, 0.2) is 60.3 Å². The topological polar surface area (TPSA) is 49.9 Å². The standard InChI is InChI=1S/C26H30N2O3/c1-3-15-28-25(29)23(21-9-11-22(31-2)12-10-21)24(26(28)30)27-16-13-20(14-17-27)18-19-7-5-4-6-8-19/h4-12,20H,3,13-18H2,1-2H3. The lowest BCUT2D eigenvalue weighted by Gasteiger charge is -2.34. The van der Waals surface area contributed by atoms with Crippen LogP contribution in [0.3, 0.4) is 0 Å². The average Bonchev–Trinajstić information content (AvgIpc) is 3.05. The van der Waals surface area contributed by atoms with Crippen molar-refractivity contribution in [1.82, 2.24) is 9.80 Å². The van der Waals surface area contributed by atoms with Crippen molar-refractivity contribution in [3.63, 3.8) is 0 Å². The first-order valence-electron chi connectivity index (χ1n) is 11.2. The van der Waals surface area contributed by atoms with Crippen molar-refractivity contribution in [2.75, 3.05) is 26.7 Å². The van der Waals surface area contributed by atoms with Gasteiger partial charge in [0.2, 0.25) is 0 Å². The first kappa shape index (κ1) is 21.2. The monoisotopic (exact) mass is 418 g/mol. The Balaban J connectivity index is 1.57. The number of imide groups is 1. The highest BCUT2D eigenvalue weighted by Gasteiger charge is 2.41. The van der Waals surface area contributed by atoms with Gasteiger partial charge < -0.3 is 9.64 Å². The van der Waals surface area contributed by atoms with Gasteiger partial charge in [-0.15, -0.1) is 0 Å². The molecule has 0 atom stereocenters. The van der Waals surface area contributed by atoms with Crippen LogP contribution in [0, 0.1) is 5.92 Å². The van der Waals surface area contributed by atoms with Crippen LogP contribution in [-0.2, 0) is 16.0 Å². The van der Waals surface area contributed by atoms with Crippen LogP contribution in [-0.4, -0.2) is 48.4 Å². The zero-order chi connectivity index (χ0) is 21.8. The zero-order valence-electron chi connectivity index (χ0n) is 18.3. The maximum Gasteiger partial charge on any atom is 0.277 e. The number of benzene rings is 2. The summed E-state index contributed by atoms with van der Waals surface area (Å²) in [5.74, 6) is 0.995. The molecule has 0 aliphatic carbocycles. The van der Waals surface area contributed by atoms with Crippen LogP contribution in [0.4, 0.5) is 0 Å². The highest BCUT2D eigenvalue weighted by Crippen LogP contribution is 2.35. The molecule has 5 heteroatoms. The Hall–Kier alpha value is -3.08. The summed E-state index contributed by atoms with van der Waals surface area (Å²) < 4.78 is 5.25. The Morgan fingerprint density at radius 2 is 1.61 bits per heavy atom. The molecule has 2 aromatic carbocycles. The Morgan fingerprint density at radius 3 is 2.23 bits per heavy atom. The van der Waals surface area contributed by atoms with Crippen molar-refractivity contribution >= 4 is 17.4 Å². The van der Waals surface area contributed by atoms with E-state index in [0.29, 0.717) is 23.7 Å². The smallest absolute Gasteiger partial charge is 0.277 e. The molecular formula is C26H30N2O3. The van der Waals surface area contributed by atoms with E-state index in [1.807, 2.05) is 37.3 Å². The van der Waals surface area contributed by atoms with Crippen LogP contribution in [0.25, 0.3) is 5.57 Å². The Labute approximate surface area is 184 Å². The summed E-state index contributed by atoms with van der Waals surface area (Å²) in [7, 11) is 1.62. The Bertz CT molecular complexity index is 958. The molecule has 1 saturated heterocycles. The summed E-state index contributed by atoms with van der Waals surface area (Å²) in [4.78, 5) is 30.0. The summed E-state index contributed by atoms with van der Waals surface area (Å²) >= 11 is 0. The minimum Gasteiger partial charge on any atom is -0.497 e. The molecule has 0 spiro atoms. The van der Waals surface area contributed by atoms with Gasteiger partial charge in [0, 0.05) is 19.6 Å². The fourth-order valence-electron chi connectivity index (χ4n) is 4.61. The summed E-state index contributed by atoms with van der Waals surface area (Å²) in [6, 6.07) is 18.0. The summed E-state index contributed by atoms with van der Waals surface area (Å²) in [5, 5.41) is 0. The number of carbonyl (C=O) groups excluding carboxylic acids is 2. The van der Waals surface area contributed by atoms with E-state index in [9.17, 15) is 9.59 Å². The largest absolute Gasteiger partial charge is 0.497 e. The minimum atomic E-state index is -0.182. The average molecular weight is 419 g/mol. The lowest BCUT2D eigenvalue weighted by atomic mass is 9.89. The minimum absolute atomic E-state index is 0.154. The zero-order valence-corrected chi connectivity index (χ0v) is 18.3. The van der Waals surface area contributed by atoms with Gasteiger partial charge in [0.05, 0.1) is 12.7 Å². The number of likely N-dealkylation sites (tertiary alicyclic amines) is 1. The summed E-state index contributed by atoms with van der Waals surface area (Å²) in [5.41, 5.74) is 3.24. The van der Waals surface area contributed by atoms with Gasteiger partial charge in [0.1, 0.15) is 11.4 Å². The van der Waals surface area contributed by atoms with Gasteiger partial charge in [-0.25, -0.2) is 0 Å². The molecule has 2 aliphatic heterocycles. The molecule has 162 valence electrons. The first-order chi connectivity index (χ1) is 15.1. The maximum absolute atomic E-state index is 13.3. The van der Waals surface area contributed by atoms with Gasteiger partial charge in [0.15, 0.2) is 0 Å². The second kappa shape index (κ2) is 9.38. The highest BCUT2D eigenvalue weighted by molar-refractivity contribution is 6.35. The van der Waals surface area contributed by atoms with E-state index < -0.39 is 0 Å². The number of amides is 2. The van der Waals surface area contributed by atoms with E-state index in [1.54, 1.807) is 7.11 Å². The predicted molar refractivity (Wildman–Crippen MR) is 121 cm³/mol. The molecule has 1 fully saturated rings. The normalized spacial score (nSPS) is 17.6. The number of piperidine rings is 1. The second-order valence-corrected chi connectivity index (χ2v) is 8.33. The van der Waals surface area contributed by atoms with Gasteiger partial charge >= 0.3 is 0 Å². The molecule has 2 heterocycles. The number of hydrogen-bond donors (Lipinski definition) is 0.